The molecule has 1 aromatic carbocycles. The molecule has 1 amide bonds. The van der Waals surface area contributed by atoms with Crippen molar-refractivity contribution in [3.63, 3.8) is 0 Å². The SMILES string of the molecule is Cc1ccc(N)cc1C(=O)NC1CCN2CCCCC12.Cl.Cl. The maximum Gasteiger partial charge on any atom is 0.251 e. The minimum absolute atomic E-state index is 0. The molecule has 2 saturated heterocycles. The maximum absolute atomic E-state index is 12.5. The Balaban J connectivity index is 0.00000121. The highest BCUT2D eigenvalue weighted by molar-refractivity contribution is 5.96. The van der Waals surface area contributed by atoms with E-state index in [-0.39, 0.29) is 30.7 Å². The summed E-state index contributed by atoms with van der Waals surface area (Å²) >= 11 is 0. The Kier molecular flexibility index (Phi) is 6.98. The molecule has 2 heterocycles. The second kappa shape index (κ2) is 8.04. The Morgan fingerprint density at radius 1 is 1.23 bits per heavy atom. The van der Waals surface area contributed by atoms with Gasteiger partial charge in [0.15, 0.2) is 0 Å². The number of benzene rings is 1. The molecule has 0 spiro atoms. The van der Waals surface area contributed by atoms with E-state index in [1.165, 1.54) is 25.8 Å². The Hall–Kier alpha value is -0.970. The first-order valence-corrected chi connectivity index (χ1v) is 7.56. The summed E-state index contributed by atoms with van der Waals surface area (Å²) in [4.78, 5) is 15.0. The standard InChI is InChI=1S/C16H23N3O.2ClH/c1-11-5-6-12(17)10-13(11)16(20)18-14-7-9-19-8-3-2-4-15(14)19;;/h5-6,10,14-15H,2-4,7-9,17H2,1H3,(H,18,20);2*1H. The topological polar surface area (TPSA) is 58.4 Å². The van der Waals surface area contributed by atoms with Gasteiger partial charge in [-0.25, -0.2) is 0 Å². The molecule has 0 saturated carbocycles. The predicted octanol–water partition coefficient (Wildman–Crippen LogP) is 2.78. The fraction of sp³-hybridized carbons (Fsp3) is 0.562. The largest absolute Gasteiger partial charge is 0.399 e. The van der Waals surface area contributed by atoms with Crippen LogP contribution in [0.5, 0.6) is 0 Å². The van der Waals surface area contributed by atoms with Crippen LogP contribution in [0.1, 0.15) is 41.6 Å². The van der Waals surface area contributed by atoms with Gasteiger partial charge in [0.1, 0.15) is 0 Å². The second-order valence-electron chi connectivity index (χ2n) is 6.04. The van der Waals surface area contributed by atoms with E-state index in [0.717, 1.165) is 18.5 Å². The highest BCUT2D eigenvalue weighted by Crippen LogP contribution is 2.27. The Bertz CT molecular complexity index is 524. The minimum Gasteiger partial charge on any atom is -0.399 e. The molecule has 2 aliphatic heterocycles. The molecule has 1 aromatic rings. The summed E-state index contributed by atoms with van der Waals surface area (Å²) in [6.07, 6.45) is 4.86. The third kappa shape index (κ3) is 3.86. The number of piperidine rings is 1. The Morgan fingerprint density at radius 2 is 2.00 bits per heavy atom. The fourth-order valence-corrected chi connectivity index (χ4v) is 3.55. The molecule has 6 heteroatoms. The van der Waals surface area contributed by atoms with Gasteiger partial charge in [-0.1, -0.05) is 12.5 Å². The number of nitrogens with two attached hydrogens (primary N) is 1. The zero-order valence-corrected chi connectivity index (χ0v) is 14.5. The monoisotopic (exact) mass is 345 g/mol. The molecule has 0 aliphatic carbocycles. The number of hydrogen-bond acceptors (Lipinski definition) is 3. The van der Waals surface area contributed by atoms with E-state index in [9.17, 15) is 4.79 Å². The molecule has 0 radical (unpaired) electrons. The van der Waals surface area contributed by atoms with Crippen LogP contribution >= 0.6 is 24.8 Å². The zero-order valence-electron chi connectivity index (χ0n) is 12.9. The van der Waals surface area contributed by atoms with Crippen molar-refractivity contribution in [3.05, 3.63) is 29.3 Å². The second-order valence-corrected chi connectivity index (χ2v) is 6.04. The number of carbonyl (C=O) groups excluding carboxylic acids is 1. The highest BCUT2D eigenvalue weighted by atomic mass is 35.5. The van der Waals surface area contributed by atoms with Gasteiger partial charge in [0.2, 0.25) is 0 Å². The lowest BCUT2D eigenvalue weighted by atomic mass is 9.98. The van der Waals surface area contributed by atoms with Crippen LogP contribution in [-0.2, 0) is 0 Å². The van der Waals surface area contributed by atoms with Gasteiger partial charge in [0, 0.05) is 29.9 Å². The van der Waals surface area contributed by atoms with Gasteiger partial charge in [-0.05, 0) is 50.4 Å². The van der Waals surface area contributed by atoms with E-state index in [1.807, 2.05) is 19.1 Å². The lowest BCUT2D eigenvalue weighted by molar-refractivity contribution is 0.0914. The van der Waals surface area contributed by atoms with E-state index in [0.29, 0.717) is 23.3 Å². The summed E-state index contributed by atoms with van der Waals surface area (Å²) in [5, 5.41) is 3.23. The minimum atomic E-state index is 0. The molecular weight excluding hydrogens is 321 g/mol. The smallest absolute Gasteiger partial charge is 0.251 e. The van der Waals surface area contributed by atoms with Gasteiger partial charge < -0.3 is 11.1 Å². The van der Waals surface area contributed by atoms with E-state index < -0.39 is 0 Å². The van der Waals surface area contributed by atoms with Crippen molar-refractivity contribution in [3.8, 4) is 0 Å². The number of fused-ring (bicyclic) bond motifs is 1. The molecule has 0 aromatic heterocycles. The number of halogens is 2. The summed E-state index contributed by atoms with van der Waals surface area (Å²) in [5.74, 6) is 0.0206. The van der Waals surface area contributed by atoms with Crippen LogP contribution in [0.25, 0.3) is 0 Å². The Morgan fingerprint density at radius 3 is 2.77 bits per heavy atom. The first-order valence-electron chi connectivity index (χ1n) is 7.56. The maximum atomic E-state index is 12.5. The van der Waals surface area contributed by atoms with E-state index in [4.69, 9.17) is 5.73 Å². The molecule has 2 fully saturated rings. The first-order chi connectivity index (χ1) is 9.65. The summed E-state index contributed by atoms with van der Waals surface area (Å²) in [6.45, 7) is 4.26. The van der Waals surface area contributed by atoms with Crippen LogP contribution < -0.4 is 11.1 Å². The quantitative estimate of drug-likeness (QED) is 0.810. The van der Waals surface area contributed by atoms with Crippen molar-refractivity contribution in [1.82, 2.24) is 10.2 Å². The van der Waals surface area contributed by atoms with Crippen molar-refractivity contribution in [1.29, 1.82) is 0 Å². The number of hydrogen-bond donors (Lipinski definition) is 2. The van der Waals surface area contributed by atoms with Gasteiger partial charge in [-0.15, -0.1) is 24.8 Å². The van der Waals surface area contributed by atoms with Crippen molar-refractivity contribution >= 4 is 36.4 Å². The summed E-state index contributed by atoms with van der Waals surface area (Å²) in [7, 11) is 0. The van der Waals surface area contributed by atoms with Gasteiger partial charge in [0.05, 0.1) is 0 Å². The number of nitrogens with one attached hydrogen (secondary N) is 1. The van der Waals surface area contributed by atoms with E-state index in [2.05, 4.69) is 10.2 Å². The summed E-state index contributed by atoms with van der Waals surface area (Å²) in [5.41, 5.74) is 8.13. The number of aryl methyl sites for hydroxylation is 1. The number of rotatable bonds is 2. The molecule has 2 aliphatic rings. The van der Waals surface area contributed by atoms with Crippen molar-refractivity contribution in [2.75, 3.05) is 18.8 Å². The zero-order chi connectivity index (χ0) is 14.1. The third-order valence-electron chi connectivity index (χ3n) is 4.68. The number of anilines is 1. The number of amides is 1. The van der Waals surface area contributed by atoms with Crippen LogP contribution in [0.3, 0.4) is 0 Å². The van der Waals surface area contributed by atoms with Crippen LogP contribution in [0.4, 0.5) is 5.69 Å². The third-order valence-corrected chi connectivity index (χ3v) is 4.68. The molecule has 2 unspecified atom stereocenters. The van der Waals surface area contributed by atoms with Crippen LogP contribution in [0, 0.1) is 6.92 Å². The van der Waals surface area contributed by atoms with Gasteiger partial charge >= 0.3 is 0 Å². The number of carbonyl (C=O) groups is 1. The molecular formula is C16H25Cl2N3O. The van der Waals surface area contributed by atoms with Crippen LogP contribution in [0.15, 0.2) is 18.2 Å². The molecule has 22 heavy (non-hydrogen) atoms. The average molecular weight is 346 g/mol. The normalized spacial score (nSPS) is 23.9. The fourth-order valence-electron chi connectivity index (χ4n) is 3.55. The molecule has 3 rings (SSSR count). The lowest BCUT2D eigenvalue weighted by Gasteiger charge is -2.32. The highest BCUT2D eigenvalue weighted by Gasteiger charge is 2.36. The predicted molar refractivity (Wildman–Crippen MR) is 95.2 cm³/mol. The molecule has 124 valence electrons. The number of nitrogen functional groups attached to an aromatic ring is 1. The van der Waals surface area contributed by atoms with Crippen molar-refractivity contribution in [2.24, 2.45) is 0 Å². The van der Waals surface area contributed by atoms with E-state index >= 15 is 0 Å². The molecule has 4 nitrogen and oxygen atoms in total. The van der Waals surface area contributed by atoms with Crippen LogP contribution in [0.2, 0.25) is 0 Å². The Labute approximate surface area is 144 Å². The van der Waals surface area contributed by atoms with Crippen LogP contribution in [-0.4, -0.2) is 36.0 Å². The van der Waals surface area contributed by atoms with Crippen molar-refractivity contribution < 1.29 is 4.79 Å². The van der Waals surface area contributed by atoms with Gasteiger partial charge in [-0.3, -0.25) is 9.69 Å². The number of nitrogens with zero attached hydrogens (tertiary/aromatic N) is 1. The van der Waals surface area contributed by atoms with Gasteiger partial charge in [-0.2, -0.15) is 0 Å². The molecule has 2 atom stereocenters. The first kappa shape index (κ1) is 19.1. The molecule has 3 N–H and O–H groups in total. The molecule has 0 bridgehead atoms. The summed E-state index contributed by atoms with van der Waals surface area (Å²) in [6, 6.07) is 6.35. The average Bonchev–Trinajstić information content (AvgIpc) is 2.85. The van der Waals surface area contributed by atoms with Crippen molar-refractivity contribution in [2.45, 2.75) is 44.7 Å². The lowest BCUT2D eigenvalue weighted by Crippen LogP contribution is -2.46. The van der Waals surface area contributed by atoms with Gasteiger partial charge in [0.25, 0.3) is 5.91 Å². The summed E-state index contributed by atoms with van der Waals surface area (Å²) < 4.78 is 0. The van der Waals surface area contributed by atoms with E-state index in [1.54, 1.807) is 6.07 Å².